The van der Waals surface area contributed by atoms with Crippen LogP contribution in [0.2, 0.25) is 5.02 Å². The molecule has 0 amide bonds. The summed E-state index contributed by atoms with van der Waals surface area (Å²) in [6.07, 6.45) is 4.70. The largest absolute Gasteiger partial charge is 0.468 e. The van der Waals surface area contributed by atoms with Crippen LogP contribution in [0.5, 0.6) is 0 Å². The number of carbonyl (C=O) groups is 1. The molecule has 1 aliphatic rings. The van der Waals surface area contributed by atoms with Crippen LogP contribution in [-0.2, 0) is 9.53 Å². The van der Waals surface area contributed by atoms with E-state index in [9.17, 15) is 4.79 Å². The number of esters is 1. The Kier molecular flexibility index (Phi) is 4.83. The molecule has 19 heavy (non-hydrogen) atoms. The Bertz CT molecular complexity index is 455. The first-order valence-electron chi connectivity index (χ1n) is 6.71. The van der Waals surface area contributed by atoms with Crippen LogP contribution in [0.25, 0.3) is 0 Å². The summed E-state index contributed by atoms with van der Waals surface area (Å²) in [6, 6.07) is 5.60. The lowest BCUT2D eigenvalue weighted by atomic mass is 10.00. The Hall–Kier alpha value is -1.06. The van der Waals surface area contributed by atoms with E-state index in [4.69, 9.17) is 16.3 Å². The predicted molar refractivity (Wildman–Crippen MR) is 76.3 cm³/mol. The Morgan fingerprint density at radius 2 is 2.11 bits per heavy atom. The zero-order valence-electron chi connectivity index (χ0n) is 11.4. The molecule has 1 aliphatic carbocycles. The van der Waals surface area contributed by atoms with Gasteiger partial charge in [0.15, 0.2) is 0 Å². The van der Waals surface area contributed by atoms with E-state index in [1.165, 1.54) is 20.0 Å². The van der Waals surface area contributed by atoms with Gasteiger partial charge in [-0.05, 0) is 43.0 Å². The second-order valence-corrected chi connectivity index (χ2v) is 5.54. The van der Waals surface area contributed by atoms with E-state index >= 15 is 0 Å². The summed E-state index contributed by atoms with van der Waals surface area (Å²) >= 11 is 5.97. The van der Waals surface area contributed by atoms with Crippen molar-refractivity contribution in [2.75, 3.05) is 7.11 Å². The average Bonchev–Trinajstić information content (AvgIpc) is 2.89. The van der Waals surface area contributed by atoms with Crippen molar-refractivity contribution >= 4 is 17.6 Å². The maximum absolute atomic E-state index is 12.0. The number of nitrogens with one attached hydrogen (secondary N) is 1. The van der Waals surface area contributed by atoms with Crippen molar-refractivity contribution in [1.29, 1.82) is 0 Å². The van der Waals surface area contributed by atoms with Gasteiger partial charge in [-0.15, -0.1) is 0 Å². The highest BCUT2D eigenvalue weighted by Gasteiger charge is 2.27. The van der Waals surface area contributed by atoms with Gasteiger partial charge in [-0.1, -0.05) is 30.5 Å². The summed E-state index contributed by atoms with van der Waals surface area (Å²) in [5.41, 5.74) is 1.96. The zero-order chi connectivity index (χ0) is 13.8. The molecule has 1 aromatic carbocycles. The number of hydrogen-bond donors (Lipinski definition) is 1. The third-order valence-electron chi connectivity index (χ3n) is 3.74. The van der Waals surface area contributed by atoms with E-state index in [1.54, 1.807) is 0 Å². The Morgan fingerprint density at radius 3 is 2.68 bits per heavy atom. The lowest BCUT2D eigenvalue weighted by Gasteiger charge is -2.22. The maximum Gasteiger partial charge on any atom is 0.327 e. The van der Waals surface area contributed by atoms with Crippen LogP contribution in [-0.4, -0.2) is 19.1 Å². The molecule has 3 nitrogen and oxygen atoms in total. The number of aryl methyl sites for hydroxylation is 1. The highest BCUT2D eigenvalue weighted by atomic mass is 35.5. The van der Waals surface area contributed by atoms with Gasteiger partial charge >= 0.3 is 5.97 Å². The van der Waals surface area contributed by atoms with E-state index < -0.39 is 6.04 Å². The second-order valence-electron chi connectivity index (χ2n) is 5.11. The van der Waals surface area contributed by atoms with Gasteiger partial charge in [-0.25, -0.2) is 4.79 Å². The van der Waals surface area contributed by atoms with Crippen LogP contribution in [0.1, 0.15) is 42.9 Å². The van der Waals surface area contributed by atoms with Gasteiger partial charge in [0, 0.05) is 11.1 Å². The summed E-state index contributed by atoms with van der Waals surface area (Å²) in [5.74, 6) is -0.239. The maximum atomic E-state index is 12.0. The number of methoxy groups -OCH3 is 1. The van der Waals surface area contributed by atoms with E-state index in [0.29, 0.717) is 11.1 Å². The monoisotopic (exact) mass is 281 g/mol. The molecule has 1 saturated carbocycles. The second kappa shape index (κ2) is 6.40. The van der Waals surface area contributed by atoms with Crippen molar-refractivity contribution in [3.8, 4) is 0 Å². The van der Waals surface area contributed by atoms with Crippen LogP contribution in [0.15, 0.2) is 18.2 Å². The zero-order valence-corrected chi connectivity index (χ0v) is 12.2. The lowest BCUT2D eigenvalue weighted by molar-refractivity contribution is -0.143. The molecule has 0 heterocycles. The van der Waals surface area contributed by atoms with E-state index in [2.05, 4.69) is 5.32 Å². The molecule has 104 valence electrons. The Labute approximate surface area is 119 Å². The summed E-state index contributed by atoms with van der Waals surface area (Å²) in [6.45, 7) is 1.97. The number of ether oxygens (including phenoxy) is 1. The van der Waals surface area contributed by atoms with Crippen molar-refractivity contribution in [2.45, 2.75) is 44.7 Å². The Balaban J connectivity index is 2.23. The van der Waals surface area contributed by atoms with Crippen molar-refractivity contribution in [3.63, 3.8) is 0 Å². The van der Waals surface area contributed by atoms with Crippen molar-refractivity contribution in [3.05, 3.63) is 34.3 Å². The van der Waals surface area contributed by atoms with Gasteiger partial charge in [0.2, 0.25) is 0 Å². The van der Waals surface area contributed by atoms with E-state index in [-0.39, 0.29) is 5.97 Å². The van der Waals surface area contributed by atoms with Gasteiger partial charge in [0.1, 0.15) is 6.04 Å². The Morgan fingerprint density at radius 1 is 1.42 bits per heavy atom. The topological polar surface area (TPSA) is 38.3 Å². The molecule has 0 bridgehead atoms. The summed E-state index contributed by atoms with van der Waals surface area (Å²) in [4.78, 5) is 12.0. The molecule has 2 rings (SSSR count). The molecule has 0 radical (unpaired) electrons. The first-order valence-corrected chi connectivity index (χ1v) is 7.09. The molecule has 0 aliphatic heterocycles. The van der Waals surface area contributed by atoms with Gasteiger partial charge in [0.05, 0.1) is 7.11 Å². The first-order chi connectivity index (χ1) is 9.11. The van der Waals surface area contributed by atoms with Crippen LogP contribution >= 0.6 is 11.6 Å². The molecule has 1 N–H and O–H groups in total. The first kappa shape index (κ1) is 14.4. The molecule has 1 aromatic rings. The number of benzene rings is 1. The molecule has 0 aromatic heterocycles. The molecule has 0 spiro atoms. The van der Waals surface area contributed by atoms with Gasteiger partial charge < -0.3 is 4.74 Å². The number of halogens is 1. The van der Waals surface area contributed by atoms with Gasteiger partial charge in [-0.2, -0.15) is 0 Å². The predicted octanol–water partition coefficient (Wildman–Crippen LogP) is 3.39. The van der Waals surface area contributed by atoms with Crippen molar-refractivity contribution in [1.82, 2.24) is 5.32 Å². The van der Waals surface area contributed by atoms with E-state index in [1.807, 2.05) is 25.1 Å². The quantitative estimate of drug-likeness (QED) is 0.860. The number of carbonyl (C=O) groups excluding carboxylic acids is 1. The lowest BCUT2D eigenvalue weighted by Crippen LogP contribution is -2.36. The molecule has 1 fully saturated rings. The van der Waals surface area contributed by atoms with Crippen LogP contribution < -0.4 is 5.32 Å². The molecule has 1 unspecified atom stereocenters. The fourth-order valence-electron chi connectivity index (χ4n) is 2.69. The number of hydrogen-bond acceptors (Lipinski definition) is 3. The molecule has 4 heteroatoms. The molecular formula is C15H20ClNO2. The fourth-order valence-corrected chi connectivity index (χ4v) is 2.92. The third kappa shape index (κ3) is 3.48. The summed E-state index contributed by atoms with van der Waals surface area (Å²) in [7, 11) is 1.43. The number of rotatable bonds is 4. The highest BCUT2D eigenvalue weighted by molar-refractivity contribution is 6.30. The van der Waals surface area contributed by atoms with Gasteiger partial charge in [0.25, 0.3) is 0 Å². The molecule has 0 saturated heterocycles. The fraction of sp³-hybridized carbons (Fsp3) is 0.533. The van der Waals surface area contributed by atoms with Crippen LogP contribution in [0.3, 0.4) is 0 Å². The summed E-state index contributed by atoms with van der Waals surface area (Å²) < 4.78 is 4.93. The van der Waals surface area contributed by atoms with Crippen molar-refractivity contribution < 1.29 is 9.53 Å². The van der Waals surface area contributed by atoms with Crippen LogP contribution in [0.4, 0.5) is 0 Å². The SMILES string of the molecule is COC(=O)C(NC1CCCC1)c1ccc(Cl)cc1C. The average molecular weight is 282 g/mol. The van der Waals surface area contributed by atoms with Gasteiger partial charge in [-0.3, -0.25) is 5.32 Å². The molecule has 1 atom stereocenters. The minimum Gasteiger partial charge on any atom is -0.468 e. The minimum atomic E-state index is -0.398. The minimum absolute atomic E-state index is 0.239. The smallest absolute Gasteiger partial charge is 0.327 e. The summed E-state index contributed by atoms with van der Waals surface area (Å²) in [5, 5.41) is 4.11. The normalized spacial score (nSPS) is 17.4. The highest BCUT2D eigenvalue weighted by Crippen LogP contribution is 2.26. The van der Waals surface area contributed by atoms with Crippen molar-refractivity contribution in [2.24, 2.45) is 0 Å². The third-order valence-corrected chi connectivity index (χ3v) is 3.97. The van der Waals surface area contributed by atoms with Crippen LogP contribution in [0, 0.1) is 6.92 Å². The standard InChI is InChI=1S/C15H20ClNO2/c1-10-9-11(16)7-8-13(10)14(15(18)19-2)17-12-5-3-4-6-12/h7-9,12,14,17H,3-6H2,1-2H3. The van der Waals surface area contributed by atoms with E-state index in [0.717, 1.165) is 24.0 Å². The molecular weight excluding hydrogens is 262 g/mol.